The minimum absolute atomic E-state index is 0.0482. The molecule has 0 aromatic carbocycles. The van der Waals surface area contributed by atoms with Crippen molar-refractivity contribution >= 4 is 17.9 Å². The van der Waals surface area contributed by atoms with E-state index >= 15 is 0 Å². The van der Waals surface area contributed by atoms with E-state index < -0.39 is 181 Å². The van der Waals surface area contributed by atoms with Gasteiger partial charge in [-0.3, -0.25) is 9.59 Å². The number of hydrogen-bond donors (Lipinski definition) is 14. The Balaban J connectivity index is 0.00000124. The molecule has 9 aliphatic rings. The van der Waals surface area contributed by atoms with Gasteiger partial charge in [-0.1, -0.05) is 53.2 Å². The third-order valence-electron chi connectivity index (χ3n) is 21.9. The van der Waals surface area contributed by atoms with E-state index in [0.717, 1.165) is 0 Å². The topological polar surface area (TPSA) is 409 Å². The Bertz CT molecular complexity index is 2330. The van der Waals surface area contributed by atoms with Crippen LogP contribution in [0.5, 0.6) is 0 Å². The lowest BCUT2D eigenvalue weighted by atomic mass is 9.33. The first kappa shape index (κ1) is 67.3. The van der Waals surface area contributed by atoms with Gasteiger partial charge in [0.2, 0.25) is 0 Å². The standard InChI is InChI=1S/C54H84O23.C4H11NO2/c1-22(23(2)71-24(3)57)45(68)70-21-54-26-16-49(4,5)43(42(54)65)73-32(54)17-53(9)25(26)10-11-30-50(6)14-13-31(51(7,20-56)29(50)12-15-52(30,53)8)74-48-40(76-46-36(62)33(59)27(58)19-69-46)38(64)39(41(77-48)44(66)67)75-47-37(63)35(61)34(60)28(18-55)72-47;6-3-1-5-2-4-7/h10,22-23,26-43,46-48,55-56,58-65H,11-21H2,1-9H3,(H,66,67);5-7H,1-4H2/t22?,23?,26?,27-,28-,29?,30?,31?,32-,33+,34-,35+,36-,37-,38+,39+,40-,41+,42?,43-,46+,47-,48-,50?,51-,52?,53-,54?;/m1./s1. The summed E-state index contributed by atoms with van der Waals surface area (Å²) in [7, 11) is 0. The molecule has 5 aliphatic carbocycles. The van der Waals surface area contributed by atoms with E-state index in [4.69, 9.17) is 52.8 Å². The van der Waals surface area contributed by atoms with E-state index in [1.165, 1.54) is 12.5 Å². The van der Waals surface area contributed by atoms with Crippen molar-refractivity contribution < 1.29 is 123 Å². The highest BCUT2D eigenvalue weighted by Crippen LogP contribution is 2.77. The van der Waals surface area contributed by atoms with Crippen molar-refractivity contribution in [1.82, 2.24) is 5.32 Å². The predicted octanol–water partition coefficient (Wildman–Crippen LogP) is -2.03. The third-order valence-corrected chi connectivity index (χ3v) is 21.9. The van der Waals surface area contributed by atoms with Crippen molar-refractivity contribution in [3.63, 3.8) is 0 Å². The Morgan fingerprint density at radius 1 is 0.738 bits per heavy atom. The quantitative estimate of drug-likeness (QED) is 0.0305. The van der Waals surface area contributed by atoms with Crippen LogP contribution in [0.2, 0.25) is 0 Å². The fourth-order valence-electron chi connectivity index (χ4n) is 16.8. The van der Waals surface area contributed by atoms with E-state index in [-0.39, 0.29) is 49.6 Å². The molecule has 0 spiro atoms. The molecule has 0 aromatic rings. The summed E-state index contributed by atoms with van der Waals surface area (Å²) in [5.41, 5.74) is -2.40. The van der Waals surface area contributed by atoms with Gasteiger partial charge in [-0.05, 0) is 98.2 Å². The Morgan fingerprint density at radius 3 is 2.01 bits per heavy atom. The number of aliphatic carboxylic acids is 1. The molecule has 4 saturated heterocycles. The summed E-state index contributed by atoms with van der Waals surface area (Å²) in [6.45, 7) is 17.3. The number of esters is 2. The molecule has 4 heterocycles. The number of carbonyl (C=O) groups excluding carboxylic acids is 2. The molecule has 2 bridgehead atoms. The second-order valence-electron chi connectivity index (χ2n) is 27.0. The van der Waals surface area contributed by atoms with Crippen LogP contribution in [0.3, 0.4) is 0 Å². The molecule has 26 heteroatoms. The first-order valence-corrected chi connectivity index (χ1v) is 29.8. The lowest BCUT2D eigenvalue weighted by Gasteiger charge is -2.71. The van der Waals surface area contributed by atoms with Crippen LogP contribution < -0.4 is 5.32 Å². The van der Waals surface area contributed by atoms with E-state index in [1.807, 2.05) is 6.92 Å². The predicted molar refractivity (Wildman–Crippen MR) is 288 cm³/mol. The van der Waals surface area contributed by atoms with Crippen molar-refractivity contribution in [3.05, 3.63) is 11.6 Å². The number of allylic oxidation sites excluding steroid dienone is 2. The van der Waals surface area contributed by atoms with Gasteiger partial charge >= 0.3 is 17.9 Å². The van der Waals surface area contributed by atoms with Crippen LogP contribution in [0.15, 0.2) is 11.6 Å². The normalized spacial score (nSPS) is 48.2. The van der Waals surface area contributed by atoms with Crippen LogP contribution >= 0.6 is 0 Å². The fourth-order valence-corrected chi connectivity index (χ4v) is 16.8. The van der Waals surface area contributed by atoms with Crippen molar-refractivity contribution in [3.8, 4) is 0 Å². The first-order valence-electron chi connectivity index (χ1n) is 29.8. The zero-order chi connectivity index (χ0) is 62.0. The number of aliphatic hydroxyl groups is 12. The smallest absolute Gasteiger partial charge is 0.335 e. The molecule has 14 N–H and O–H groups in total. The highest BCUT2D eigenvalue weighted by molar-refractivity contribution is 5.74. The molecule has 28 atom stereocenters. The number of carboxylic acids is 1. The molecule has 4 saturated carbocycles. The van der Waals surface area contributed by atoms with Crippen molar-refractivity contribution in [2.45, 2.75) is 224 Å². The third kappa shape index (κ3) is 11.6. The number of hydrogen-bond acceptors (Lipinski definition) is 25. The van der Waals surface area contributed by atoms with Crippen LogP contribution in [0.1, 0.15) is 107 Å². The van der Waals surface area contributed by atoms with Gasteiger partial charge in [0.25, 0.3) is 0 Å². The number of fused-ring (bicyclic) bond motifs is 7. The molecular weight excluding hydrogens is 1110 g/mol. The summed E-state index contributed by atoms with van der Waals surface area (Å²) >= 11 is 0. The average Bonchev–Trinajstić information content (AvgIpc) is 2.62. The van der Waals surface area contributed by atoms with Gasteiger partial charge in [0, 0.05) is 25.4 Å². The number of ether oxygens (including phenoxy) is 9. The van der Waals surface area contributed by atoms with Gasteiger partial charge in [-0.15, -0.1) is 0 Å². The zero-order valence-electron chi connectivity index (χ0n) is 49.7. The molecular formula is C58H95NO25. The molecule has 4 aliphatic heterocycles. The molecule has 482 valence electrons. The summed E-state index contributed by atoms with van der Waals surface area (Å²) in [6, 6.07) is 0. The number of aliphatic hydroxyl groups excluding tert-OH is 12. The fraction of sp³-hybridized carbons (Fsp3) is 0.914. The van der Waals surface area contributed by atoms with E-state index in [2.05, 4.69) is 46.0 Å². The van der Waals surface area contributed by atoms with Crippen molar-refractivity contribution in [2.24, 2.45) is 56.2 Å². The molecule has 84 heavy (non-hydrogen) atoms. The summed E-state index contributed by atoms with van der Waals surface area (Å²) in [4.78, 5) is 38.4. The molecule has 8 fully saturated rings. The molecule has 0 amide bonds. The van der Waals surface area contributed by atoms with E-state index in [1.54, 1.807) is 13.8 Å². The lowest BCUT2D eigenvalue weighted by Crippen LogP contribution is -2.69. The monoisotopic (exact) mass is 1210 g/mol. The van der Waals surface area contributed by atoms with Crippen LogP contribution in [-0.2, 0) is 57.0 Å². The summed E-state index contributed by atoms with van der Waals surface area (Å²) in [6.07, 6.45) is -22.8. The van der Waals surface area contributed by atoms with Gasteiger partial charge in [-0.25, -0.2) is 4.79 Å². The maximum Gasteiger partial charge on any atom is 0.335 e. The number of nitrogens with one attached hydrogen (secondary N) is 1. The first-order chi connectivity index (χ1) is 39.4. The summed E-state index contributed by atoms with van der Waals surface area (Å²) < 4.78 is 54.3. The SMILES string of the molecule is CC(=O)OC(C)C(C)C(=O)OCC12C3CC(C)(C)[C@H](O[C@@H]1C[C@]1(C)C3=CCC3C4(C)CCC(O[C@@H]5O[C@H](C(=O)O)[C@@H](O[C@H]6O[C@H](CO)[C@@H](O)[C@H](O)[C@H]6O)[C@H](O)[C@H]5O[C@@H]5OC[C@@H](O)[C@H](O)[C@H]5O)[C@](C)(CO)C4CCC31C)C2O.OCCNCCO. The second-order valence-corrected chi connectivity index (χ2v) is 27.0. The van der Waals surface area contributed by atoms with Crippen LogP contribution in [0.4, 0.5) is 0 Å². The Kier molecular flexibility index (Phi) is 20.6. The van der Waals surface area contributed by atoms with Gasteiger partial charge in [-0.2, -0.15) is 0 Å². The maximum absolute atomic E-state index is 13.6. The number of rotatable bonds is 18. The summed E-state index contributed by atoms with van der Waals surface area (Å²) in [5.74, 6) is -3.82. The Morgan fingerprint density at radius 2 is 1.39 bits per heavy atom. The second kappa shape index (κ2) is 25.7. The molecule has 10 unspecified atom stereocenters. The largest absolute Gasteiger partial charge is 0.479 e. The summed E-state index contributed by atoms with van der Waals surface area (Å²) in [5, 5.41) is 139. The van der Waals surface area contributed by atoms with Gasteiger partial charge in [0.15, 0.2) is 25.0 Å². The van der Waals surface area contributed by atoms with Crippen LogP contribution in [-0.4, -0.2) is 254 Å². The number of carboxylic acid groups (broad SMARTS) is 1. The van der Waals surface area contributed by atoms with Crippen LogP contribution in [0.25, 0.3) is 0 Å². The van der Waals surface area contributed by atoms with E-state index in [9.17, 15) is 70.6 Å². The van der Waals surface area contributed by atoms with Crippen LogP contribution in [0, 0.1) is 56.2 Å². The van der Waals surface area contributed by atoms with Crippen molar-refractivity contribution in [2.75, 3.05) is 52.7 Å². The van der Waals surface area contributed by atoms with E-state index in [0.29, 0.717) is 58.0 Å². The van der Waals surface area contributed by atoms with Gasteiger partial charge < -0.3 is 114 Å². The van der Waals surface area contributed by atoms with Gasteiger partial charge in [0.1, 0.15) is 73.8 Å². The zero-order valence-corrected chi connectivity index (χ0v) is 49.7. The average molecular weight is 1210 g/mol. The maximum atomic E-state index is 13.6. The lowest BCUT2D eigenvalue weighted by molar-refractivity contribution is -0.387. The van der Waals surface area contributed by atoms with Gasteiger partial charge in [0.05, 0.1) is 68.8 Å². The molecule has 26 nitrogen and oxygen atoms in total. The minimum atomic E-state index is -2.09. The highest BCUT2D eigenvalue weighted by Gasteiger charge is 2.76. The molecule has 9 rings (SSSR count). The highest BCUT2D eigenvalue weighted by atomic mass is 16.8. The van der Waals surface area contributed by atoms with Crippen molar-refractivity contribution in [1.29, 1.82) is 0 Å². The molecule has 0 aromatic heterocycles. The Hall–Kier alpha value is -2.65. The molecule has 0 radical (unpaired) electrons. The number of carbonyl (C=O) groups is 3. The Labute approximate surface area is 489 Å². The minimum Gasteiger partial charge on any atom is -0.479 e.